The molecule has 1 N–H and O–H groups in total. The van der Waals surface area contributed by atoms with E-state index in [0.29, 0.717) is 6.04 Å². The highest BCUT2D eigenvalue weighted by Crippen LogP contribution is 2.25. The number of nitrogens with one attached hydrogen (secondary N) is 1. The van der Waals surface area contributed by atoms with Gasteiger partial charge in [0.1, 0.15) is 0 Å². The maximum Gasteiger partial charge on any atom is 0.0543 e. The van der Waals surface area contributed by atoms with Crippen molar-refractivity contribution in [2.45, 2.75) is 52.2 Å². The van der Waals surface area contributed by atoms with E-state index in [1.54, 1.807) is 0 Å². The van der Waals surface area contributed by atoms with Gasteiger partial charge >= 0.3 is 0 Å². The molecule has 1 aromatic heterocycles. The van der Waals surface area contributed by atoms with E-state index < -0.39 is 0 Å². The van der Waals surface area contributed by atoms with Crippen LogP contribution in [0.3, 0.4) is 0 Å². The first-order valence-corrected chi connectivity index (χ1v) is 9.05. The zero-order chi connectivity index (χ0) is 17.2. The van der Waals surface area contributed by atoms with E-state index in [4.69, 9.17) is 0 Å². The molecule has 1 aromatic carbocycles. The minimum absolute atomic E-state index is 0.0388. The first-order chi connectivity index (χ1) is 11.5. The minimum atomic E-state index is 0.0388. The van der Waals surface area contributed by atoms with Gasteiger partial charge in [-0.2, -0.15) is 5.10 Å². The van der Waals surface area contributed by atoms with Crippen LogP contribution < -0.4 is 5.32 Å². The number of hydrogen-bond donors (Lipinski definition) is 1. The quantitative estimate of drug-likeness (QED) is 0.935. The van der Waals surface area contributed by atoms with Gasteiger partial charge in [0.25, 0.3) is 0 Å². The summed E-state index contributed by atoms with van der Waals surface area (Å²) >= 11 is 0. The molecule has 1 fully saturated rings. The highest BCUT2D eigenvalue weighted by atomic mass is 15.3. The van der Waals surface area contributed by atoms with Crippen LogP contribution in [0.15, 0.2) is 36.7 Å². The first kappa shape index (κ1) is 17.2. The Kier molecular flexibility index (Phi) is 5.07. The van der Waals surface area contributed by atoms with Crippen molar-refractivity contribution in [3.8, 4) is 0 Å². The lowest BCUT2D eigenvalue weighted by molar-refractivity contribution is 0.153. The summed E-state index contributed by atoms with van der Waals surface area (Å²) < 4.78 is 2.07. The van der Waals surface area contributed by atoms with Crippen LogP contribution in [0.5, 0.6) is 0 Å². The van der Waals surface area contributed by atoms with Gasteiger partial charge in [0, 0.05) is 44.0 Å². The van der Waals surface area contributed by atoms with Crippen molar-refractivity contribution >= 4 is 0 Å². The van der Waals surface area contributed by atoms with Gasteiger partial charge in [-0.15, -0.1) is 0 Å². The standard InChI is InChI=1S/C20H30N4/c1-5-16-6-8-18(9-7-16)19-13-21-10-11-23(19)14-17-12-22-24(15-17)20(2,3)4/h6-9,12,15,19,21H,5,10-11,13-14H2,1-4H3. The molecule has 1 aliphatic heterocycles. The molecule has 0 aliphatic carbocycles. The number of rotatable bonds is 4. The second-order valence-corrected chi connectivity index (χ2v) is 7.75. The summed E-state index contributed by atoms with van der Waals surface area (Å²) in [5.74, 6) is 0. The van der Waals surface area contributed by atoms with Gasteiger partial charge in [-0.1, -0.05) is 31.2 Å². The third-order valence-electron chi connectivity index (χ3n) is 4.84. The second-order valence-electron chi connectivity index (χ2n) is 7.75. The Morgan fingerprint density at radius 2 is 1.92 bits per heavy atom. The van der Waals surface area contributed by atoms with Crippen LogP contribution in [0.4, 0.5) is 0 Å². The van der Waals surface area contributed by atoms with E-state index in [1.165, 1.54) is 16.7 Å². The molecule has 4 nitrogen and oxygen atoms in total. The first-order valence-electron chi connectivity index (χ1n) is 9.05. The molecule has 0 bridgehead atoms. The number of piperazine rings is 1. The van der Waals surface area contributed by atoms with Crippen molar-refractivity contribution in [2.75, 3.05) is 19.6 Å². The van der Waals surface area contributed by atoms with Crippen LogP contribution in [0.25, 0.3) is 0 Å². The second kappa shape index (κ2) is 7.08. The van der Waals surface area contributed by atoms with E-state index in [-0.39, 0.29) is 5.54 Å². The summed E-state index contributed by atoms with van der Waals surface area (Å²) in [5, 5.41) is 8.09. The lowest BCUT2D eigenvalue weighted by Crippen LogP contribution is -2.45. The molecular weight excluding hydrogens is 296 g/mol. The summed E-state index contributed by atoms with van der Waals surface area (Å²) in [4.78, 5) is 2.57. The molecule has 1 atom stereocenters. The number of aromatic nitrogens is 2. The molecule has 130 valence electrons. The highest BCUT2D eigenvalue weighted by molar-refractivity contribution is 5.26. The van der Waals surface area contributed by atoms with Crippen LogP contribution in [-0.2, 0) is 18.5 Å². The molecule has 0 amide bonds. The molecule has 3 rings (SSSR count). The lowest BCUT2D eigenvalue weighted by Gasteiger charge is -2.36. The van der Waals surface area contributed by atoms with E-state index in [0.717, 1.165) is 32.6 Å². The predicted octanol–water partition coefficient (Wildman–Crippen LogP) is 3.35. The maximum absolute atomic E-state index is 4.55. The van der Waals surface area contributed by atoms with Gasteiger partial charge in [0.15, 0.2) is 0 Å². The van der Waals surface area contributed by atoms with Crippen molar-refractivity contribution in [3.63, 3.8) is 0 Å². The zero-order valence-corrected chi connectivity index (χ0v) is 15.4. The topological polar surface area (TPSA) is 33.1 Å². The molecule has 1 saturated heterocycles. The van der Waals surface area contributed by atoms with E-state index in [9.17, 15) is 0 Å². The third-order valence-corrected chi connectivity index (χ3v) is 4.84. The van der Waals surface area contributed by atoms with Crippen LogP contribution in [-0.4, -0.2) is 34.3 Å². The largest absolute Gasteiger partial charge is 0.314 e. The Bertz CT molecular complexity index is 651. The Labute approximate surface area is 145 Å². The fourth-order valence-corrected chi connectivity index (χ4v) is 3.28. The smallest absolute Gasteiger partial charge is 0.0543 e. The molecule has 0 radical (unpaired) electrons. The highest BCUT2D eigenvalue weighted by Gasteiger charge is 2.24. The van der Waals surface area contributed by atoms with Gasteiger partial charge < -0.3 is 5.32 Å². The Morgan fingerprint density at radius 1 is 1.17 bits per heavy atom. The van der Waals surface area contributed by atoms with Crippen LogP contribution >= 0.6 is 0 Å². The Balaban J connectivity index is 1.75. The molecule has 1 unspecified atom stereocenters. The van der Waals surface area contributed by atoms with Gasteiger partial charge in [-0.3, -0.25) is 9.58 Å². The van der Waals surface area contributed by atoms with E-state index >= 15 is 0 Å². The fraction of sp³-hybridized carbons (Fsp3) is 0.550. The van der Waals surface area contributed by atoms with Gasteiger partial charge in [0.2, 0.25) is 0 Å². The van der Waals surface area contributed by atoms with Crippen molar-refractivity contribution in [2.24, 2.45) is 0 Å². The minimum Gasteiger partial charge on any atom is -0.314 e. The van der Waals surface area contributed by atoms with Crippen molar-refractivity contribution in [3.05, 3.63) is 53.3 Å². The van der Waals surface area contributed by atoms with E-state index in [1.807, 2.05) is 6.20 Å². The van der Waals surface area contributed by atoms with Crippen LogP contribution in [0, 0.1) is 0 Å². The number of aryl methyl sites for hydroxylation is 1. The molecule has 4 heteroatoms. The fourth-order valence-electron chi connectivity index (χ4n) is 3.28. The Morgan fingerprint density at radius 3 is 2.54 bits per heavy atom. The van der Waals surface area contributed by atoms with Gasteiger partial charge in [0.05, 0.1) is 11.7 Å². The average molecular weight is 326 g/mol. The summed E-state index contributed by atoms with van der Waals surface area (Å²) in [5.41, 5.74) is 4.14. The molecule has 0 saturated carbocycles. The summed E-state index contributed by atoms with van der Waals surface area (Å²) in [7, 11) is 0. The summed E-state index contributed by atoms with van der Waals surface area (Å²) in [6.07, 6.45) is 5.31. The zero-order valence-electron chi connectivity index (χ0n) is 15.4. The third kappa shape index (κ3) is 3.87. The maximum atomic E-state index is 4.55. The van der Waals surface area contributed by atoms with E-state index in [2.05, 4.69) is 78.2 Å². The molecule has 24 heavy (non-hydrogen) atoms. The average Bonchev–Trinajstić information content (AvgIpc) is 3.04. The molecular formula is C20H30N4. The Hall–Kier alpha value is -1.65. The molecule has 1 aliphatic rings. The van der Waals surface area contributed by atoms with Crippen LogP contribution in [0.1, 0.15) is 50.4 Å². The lowest BCUT2D eigenvalue weighted by atomic mass is 10.0. The number of benzene rings is 1. The van der Waals surface area contributed by atoms with Crippen molar-refractivity contribution in [1.82, 2.24) is 20.0 Å². The number of hydrogen-bond acceptors (Lipinski definition) is 3. The van der Waals surface area contributed by atoms with Crippen LogP contribution in [0.2, 0.25) is 0 Å². The monoisotopic (exact) mass is 326 g/mol. The molecule has 0 spiro atoms. The normalized spacial score (nSPS) is 19.6. The summed E-state index contributed by atoms with van der Waals surface area (Å²) in [6.45, 7) is 12.9. The molecule has 2 heterocycles. The van der Waals surface area contributed by atoms with Crippen molar-refractivity contribution in [1.29, 1.82) is 0 Å². The van der Waals surface area contributed by atoms with Gasteiger partial charge in [-0.25, -0.2) is 0 Å². The number of nitrogens with zero attached hydrogens (tertiary/aromatic N) is 3. The molecule has 2 aromatic rings. The predicted molar refractivity (Wildman–Crippen MR) is 99.1 cm³/mol. The summed E-state index contributed by atoms with van der Waals surface area (Å²) in [6, 6.07) is 9.55. The van der Waals surface area contributed by atoms with Gasteiger partial charge in [-0.05, 0) is 38.3 Å². The van der Waals surface area contributed by atoms with Crippen molar-refractivity contribution < 1.29 is 0 Å². The SMILES string of the molecule is CCc1ccc(C2CNCCN2Cc2cnn(C(C)(C)C)c2)cc1.